The predicted molar refractivity (Wildman–Crippen MR) is 92.1 cm³/mol. The summed E-state index contributed by atoms with van der Waals surface area (Å²) in [5.74, 6) is 0.546. The summed E-state index contributed by atoms with van der Waals surface area (Å²) in [6.45, 7) is 2.72. The Labute approximate surface area is 147 Å². The van der Waals surface area contributed by atoms with Crippen LogP contribution in [0.1, 0.15) is 39.0 Å². The first kappa shape index (κ1) is 17.1. The SMILES string of the molecule is C[C@]12CCCN(C(=O)COc3ccccc3Cl)[C@H]1CCCC(=O)N2. The van der Waals surface area contributed by atoms with Gasteiger partial charge in [-0.25, -0.2) is 0 Å². The highest BCUT2D eigenvalue weighted by molar-refractivity contribution is 6.32. The fourth-order valence-corrected chi connectivity index (χ4v) is 4.01. The molecule has 2 heterocycles. The van der Waals surface area contributed by atoms with E-state index in [1.54, 1.807) is 12.1 Å². The summed E-state index contributed by atoms with van der Waals surface area (Å²) in [4.78, 5) is 26.5. The molecule has 0 radical (unpaired) electrons. The Hall–Kier alpha value is -1.75. The Morgan fingerprint density at radius 2 is 2.21 bits per heavy atom. The maximum absolute atomic E-state index is 12.7. The van der Waals surface area contributed by atoms with Crippen molar-refractivity contribution in [2.24, 2.45) is 0 Å². The fourth-order valence-electron chi connectivity index (χ4n) is 3.82. The number of amides is 2. The highest BCUT2D eigenvalue weighted by atomic mass is 35.5. The van der Waals surface area contributed by atoms with Gasteiger partial charge in [0.25, 0.3) is 5.91 Å². The largest absolute Gasteiger partial charge is 0.482 e. The number of benzene rings is 1. The summed E-state index contributed by atoms with van der Waals surface area (Å²) in [5.41, 5.74) is -0.341. The number of carbonyl (C=O) groups is 2. The molecule has 5 nitrogen and oxygen atoms in total. The highest BCUT2D eigenvalue weighted by Crippen LogP contribution is 2.33. The quantitative estimate of drug-likeness (QED) is 0.911. The van der Waals surface area contributed by atoms with Crippen molar-refractivity contribution in [2.75, 3.05) is 13.2 Å². The molecule has 0 saturated carbocycles. The van der Waals surface area contributed by atoms with Crippen molar-refractivity contribution in [1.82, 2.24) is 10.2 Å². The number of fused-ring (bicyclic) bond motifs is 1. The second kappa shape index (κ2) is 7.01. The molecule has 130 valence electrons. The van der Waals surface area contributed by atoms with Gasteiger partial charge in [0, 0.05) is 13.0 Å². The molecular formula is C18H23ClN2O3. The minimum absolute atomic E-state index is 0.0278. The molecule has 1 N–H and O–H groups in total. The van der Waals surface area contributed by atoms with Gasteiger partial charge >= 0.3 is 0 Å². The van der Waals surface area contributed by atoms with E-state index in [-0.39, 0.29) is 30.0 Å². The average molecular weight is 351 g/mol. The van der Waals surface area contributed by atoms with E-state index in [0.29, 0.717) is 23.7 Å². The van der Waals surface area contributed by atoms with Crippen molar-refractivity contribution in [1.29, 1.82) is 0 Å². The van der Waals surface area contributed by atoms with E-state index in [9.17, 15) is 9.59 Å². The number of hydrogen-bond donors (Lipinski definition) is 1. The van der Waals surface area contributed by atoms with Gasteiger partial charge in [-0.3, -0.25) is 9.59 Å². The van der Waals surface area contributed by atoms with Crippen LogP contribution in [0.3, 0.4) is 0 Å². The molecule has 1 aromatic carbocycles. The molecule has 1 aromatic rings. The molecule has 2 aliphatic rings. The molecule has 0 aromatic heterocycles. The van der Waals surface area contributed by atoms with Crippen LogP contribution >= 0.6 is 11.6 Å². The van der Waals surface area contributed by atoms with Crippen LogP contribution in [0, 0.1) is 0 Å². The van der Waals surface area contributed by atoms with E-state index >= 15 is 0 Å². The van der Waals surface area contributed by atoms with Crippen molar-refractivity contribution < 1.29 is 14.3 Å². The first-order valence-electron chi connectivity index (χ1n) is 8.47. The number of ether oxygens (including phenoxy) is 1. The number of rotatable bonds is 3. The van der Waals surface area contributed by atoms with Crippen LogP contribution in [-0.2, 0) is 9.59 Å². The van der Waals surface area contributed by atoms with Gasteiger partial charge in [-0.2, -0.15) is 0 Å². The standard InChI is InChI=1S/C18H23ClN2O3/c1-18-10-5-11-21(15(18)8-4-9-16(22)20-18)17(23)12-24-14-7-3-2-6-13(14)19/h2-3,6-7,15H,4-5,8-12H2,1H3,(H,20,22)/t15-,18-/m0/s1. The van der Waals surface area contributed by atoms with Gasteiger partial charge in [-0.05, 0) is 44.7 Å². The minimum Gasteiger partial charge on any atom is -0.482 e. The van der Waals surface area contributed by atoms with Crippen molar-refractivity contribution in [3.05, 3.63) is 29.3 Å². The molecule has 0 aliphatic carbocycles. The fraction of sp³-hybridized carbons (Fsp3) is 0.556. The summed E-state index contributed by atoms with van der Waals surface area (Å²) in [7, 11) is 0. The van der Waals surface area contributed by atoms with E-state index in [1.807, 2.05) is 17.0 Å². The molecular weight excluding hydrogens is 328 g/mol. The van der Waals surface area contributed by atoms with Crippen molar-refractivity contribution in [2.45, 2.75) is 50.6 Å². The third kappa shape index (κ3) is 3.51. The number of nitrogens with zero attached hydrogens (tertiary/aromatic N) is 1. The number of para-hydroxylation sites is 1. The predicted octanol–water partition coefficient (Wildman–Crippen LogP) is 2.77. The smallest absolute Gasteiger partial charge is 0.260 e. The molecule has 2 atom stereocenters. The lowest BCUT2D eigenvalue weighted by Gasteiger charge is -2.47. The Morgan fingerprint density at radius 3 is 3.00 bits per heavy atom. The number of piperidine rings is 1. The van der Waals surface area contributed by atoms with Crippen molar-refractivity contribution in [3.63, 3.8) is 0 Å². The molecule has 2 saturated heterocycles. The minimum atomic E-state index is -0.341. The second-order valence-corrected chi connectivity index (χ2v) is 7.19. The Bertz CT molecular complexity index is 636. The summed E-state index contributed by atoms with van der Waals surface area (Å²) >= 11 is 6.07. The maximum atomic E-state index is 12.7. The maximum Gasteiger partial charge on any atom is 0.260 e. The average Bonchev–Trinajstić information content (AvgIpc) is 2.70. The summed E-state index contributed by atoms with van der Waals surface area (Å²) in [6, 6.07) is 7.16. The highest BCUT2D eigenvalue weighted by Gasteiger charge is 2.44. The van der Waals surface area contributed by atoms with Crippen LogP contribution in [0.4, 0.5) is 0 Å². The third-order valence-corrected chi connectivity index (χ3v) is 5.33. The zero-order chi connectivity index (χ0) is 17.2. The zero-order valence-corrected chi connectivity index (χ0v) is 14.6. The van der Waals surface area contributed by atoms with Crippen molar-refractivity contribution >= 4 is 23.4 Å². The normalized spacial score (nSPS) is 27.0. The number of carbonyl (C=O) groups excluding carboxylic acids is 2. The van der Waals surface area contributed by atoms with Crippen molar-refractivity contribution in [3.8, 4) is 5.75 Å². The molecule has 2 amide bonds. The topological polar surface area (TPSA) is 58.6 Å². The van der Waals surface area contributed by atoms with E-state index < -0.39 is 0 Å². The molecule has 0 spiro atoms. The molecule has 2 aliphatic heterocycles. The Morgan fingerprint density at radius 1 is 1.42 bits per heavy atom. The van der Waals surface area contributed by atoms with E-state index in [2.05, 4.69) is 12.2 Å². The van der Waals surface area contributed by atoms with Gasteiger partial charge in [-0.15, -0.1) is 0 Å². The van der Waals surface area contributed by atoms with Crippen LogP contribution in [0.15, 0.2) is 24.3 Å². The van der Waals surface area contributed by atoms with Crippen LogP contribution in [0.25, 0.3) is 0 Å². The van der Waals surface area contributed by atoms with Gasteiger partial charge in [-0.1, -0.05) is 23.7 Å². The van der Waals surface area contributed by atoms with Gasteiger partial charge in [0.2, 0.25) is 5.91 Å². The first-order valence-corrected chi connectivity index (χ1v) is 8.85. The van der Waals surface area contributed by atoms with Gasteiger partial charge < -0.3 is 15.0 Å². The molecule has 0 unspecified atom stereocenters. The van der Waals surface area contributed by atoms with E-state index in [4.69, 9.17) is 16.3 Å². The lowest BCUT2D eigenvalue weighted by atomic mass is 9.81. The first-order chi connectivity index (χ1) is 11.5. The summed E-state index contributed by atoms with van der Waals surface area (Å²) in [5, 5.41) is 3.63. The number of halogens is 1. The Kier molecular flexibility index (Phi) is 4.99. The molecule has 6 heteroatoms. The lowest BCUT2D eigenvalue weighted by Crippen LogP contribution is -2.64. The number of hydrogen-bond acceptors (Lipinski definition) is 3. The molecule has 2 fully saturated rings. The molecule has 0 bridgehead atoms. The Balaban J connectivity index is 1.69. The van der Waals surface area contributed by atoms with E-state index in [1.165, 1.54) is 0 Å². The molecule has 24 heavy (non-hydrogen) atoms. The van der Waals surface area contributed by atoms with Crippen LogP contribution in [0.5, 0.6) is 5.75 Å². The lowest BCUT2D eigenvalue weighted by molar-refractivity contribution is -0.141. The monoisotopic (exact) mass is 350 g/mol. The van der Waals surface area contributed by atoms with Crippen LogP contribution in [-0.4, -0.2) is 41.4 Å². The van der Waals surface area contributed by atoms with E-state index in [0.717, 1.165) is 25.7 Å². The molecule has 3 rings (SSSR count). The number of nitrogens with one attached hydrogen (secondary N) is 1. The van der Waals surface area contributed by atoms with Crippen LogP contribution in [0.2, 0.25) is 5.02 Å². The third-order valence-electron chi connectivity index (χ3n) is 5.02. The zero-order valence-electron chi connectivity index (χ0n) is 13.9. The van der Waals surface area contributed by atoms with Gasteiger partial charge in [0.05, 0.1) is 16.6 Å². The number of likely N-dealkylation sites (tertiary alicyclic amines) is 1. The van der Waals surface area contributed by atoms with Gasteiger partial charge in [0.1, 0.15) is 5.75 Å². The second-order valence-electron chi connectivity index (χ2n) is 6.78. The summed E-state index contributed by atoms with van der Waals surface area (Å²) < 4.78 is 5.61. The summed E-state index contributed by atoms with van der Waals surface area (Å²) in [6.07, 6.45) is 3.96. The van der Waals surface area contributed by atoms with Crippen LogP contribution < -0.4 is 10.1 Å². The van der Waals surface area contributed by atoms with Gasteiger partial charge in [0.15, 0.2) is 6.61 Å².